The molecule has 0 aliphatic carbocycles. The first kappa shape index (κ1) is 21.9. The van der Waals surface area contributed by atoms with Gasteiger partial charge in [0.1, 0.15) is 17.1 Å². The van der Waals surface area contributed by atoms with Crippen molar-refractivity contribution in [1.29, 1.82) is 0 Å². The van der Waals surface area contributed by atoms with Crippen molar-refractivity contribution in [2.75, 3.05) is 12.4 Å². The van der Waals surface area contributed by atoms with E-state index in [1.807, 2.05) is 13.0 Å². The molecule has 0 aliphatic heterocycles. The van der Waals surface area contributed by atoms with Crippen LogP contribution in [0.2, 0.25) is 10.0 Å². The van der Waals surface area contributed by atoms with Gasteiger partial charge in [-0.3, -0.25) is 4.79 Å². The highest BCUT2D eigenvalue weighted by molar-refractivity contribution is 6.36. The van der Waals surface area contributed by atoms with Crippen LogP contribution in [0, 0.1) is 5.82 Å². The highest BCUT2D eigenvalue weighted by atomic mass is 35.5. The van der Waals surface area contributed by atoms with Crippen LogP contribution < -0.4 is 10.1 Å². The summed E-state index contributed by atoms with van der Waals surface area (Å²) in [7, 11) is 1.55. The molecular formula is C25H18Cl2FNO3. The molecular weight excluding hydrogens is 452 g/mol. The van der Waals surface area contributed by atoms with E-state index in [1.165, 1.54) is 18.2 Å². The number of rotatable bonds is 5. The van der Waals surface area contributed by atoms with Crippen LogP contribution in [0.25, 0.3) is 27.7 Å². The maximum Gasteiger partial charge on any atom is 0.248 e. The molecule has 0 bridgehead atoms. The Balaban J connectivity index is 1.70. The van der Waals surface area contributed by atoms with E-state index in [9.17, 15) is 9.18 Å². The van der Waals surface area contributed by atoms with E-state index in [0.29, 0.717) is 32.6 Å². The molecule has 1 N–H and O–H groups in total. The van der Waals surface area contributed by atoms with E-state index >= 15 is 0 Å². The lowest BCUT2D eigenvalue weighted by molar-refractivity contribution is -0.111. The van der Waals surface area contributed by atoms with Gasteiger partial charge >= 0.3 is 0 Å². The molecule has 4 nitrogen and oxygen atoms in total. The van der Waals surface area contributed by atoms with Crippen molar-refractivity contribution in [1.82, 2.24) is 0 Å². The molecule has 0 saturated heterocycles. The smallest absolute Gasteiger partial charge is 0.248 e. The second-order valence-electron chi connectivity index (χ2n) is 7.15. The Labute approximate surface area is 194 Å². The van der Waals surface area contributed by atoms with Crippen molar-refractivity contribution in [3.05, 3.63) is 88.4 Å². The second-order valence-corrected chi connectivity index (χ2v) is 7.99. The van der Waals surface area contributed by atoms with Crippen LogP contribution in [0.3, 0.4) is 0 Å². The van der Waals surface area contributed by atoms with Crippen molar-refractivity contribution < 1.29 is 18.3 Å². The summed E-state index contributed by atoms with van der Waals surface area (Å²) in [4.78, 5) is 12.6. The van der Waals surface area contributed by atoms with Gasteiger partial charge in [0.15, 0.2) is 0 Å². The maximum absolute atomic E-state index is 13.3. The van der Waals surface area contributed by atoms with Crippen LogP contribution in [0.5, 0.6) is 5.75 Å². The second kappa shape index (κ2) is 9.07. The van der Waals surface area contributed by atoms with Gasteiger partial charge in [0.05, 0.1) is 24.1 Å². The minimum Gasteiger partial charge on any atom is -0.496 e. The Morgan fingerprint density at radius 3 is 2.53 bits per heavy atom. The minimum atomic E-state index is -0.347. The summed E-state index contributed by atoms with van der Waals surface area (Å²) >= 11 is 12.0. The number of nitrogens with one attached hydrogen (secondary N) is 1. The number of hydrogen-bond donors (Lipinski definition) is 1. The molecule has 1 heterocycles. The molecule has 4 rings (SSSR count). The number of benzene rings is 3. The van der Waals surface area contributed by atoms with Crippen LogP contribution in [0.15, 0.2) is 71.4 Å². The van der Waals surface area contributed by atoms with Crippen molar-refractivity contribution in [2.45, 2.75) is 6.92 Å². The number of hydrogen-bond acceptors (Lipinski definition) is 3. The topological polar surface area (TPSA) is 51.5 Å². The number of allylic oxidation sites excluding steroid dienone is 1. The van der Waals surface area contributed by atoms with Gasteiger partial charge in [-0.05, 0) is 54.5 Å². The van der Waals surface area contributed by atoms with Crippen LogP contribution in [-0.2, 0) is 4.79 Å². The third-order valence-electron chi connectivity index (χ3n) is 5.01. The lowest BCUT2D eigenvalue weighted by atomic mass is 9.99. The molecule has 162 valence electrons. The van der Waals surface area contributed by atoms with E-state index in [4.69, 9.17) is 32.4 Å². The molecule has 0 fully saturated rings. The van der Waals surface area contributed by atoms with Crippen LogP contribution in [0.4, 0.5) is 10.1 Å². The number of halogens is 3. The first-order chi connectivity index (χ1) is 15.4. The Morgan fingerprint density at radius 1 is 1.09 bits per heavy atom. The molecule has 0 saturated carbocycles. The number of amides is 1. The lowest BCUT2D eigenvalue weighted by Gasteiger charge is -2.11. The van der Waals surface area contributed by atoms with E-state index < -0.39 is 0 Å². The van der Waals surface area contributed by atoms with Crippen molar-refractivity contribution in [3.63, 3.8) is 0 Å². The fourth-order valence-corrected chi connectivity index (χ4v) is 3.87. The van der Waals surface area contributed by atoms with Gasteiger partial charge in [0.25, 0.3) is 0 Å². The molecule has 1 aromatic heterocycles. The van der Waals surface area contributed by atoms with E-state index in [-0.39, 0.29) is 11.7 Å². The highest BCUT2D eigenvalue weighted by Crippen LogP contribution is 2.37. The van der Waals surface area contributed by atoms with Crippen LogP contribution >= 0.6 is 23.2 Å². The van der Waals surface area contributed by atoms with E-state index in [0.717, 1.165) is 22.1 Å². The quantitative estimate of drug-likeness (QED) is 0.306. The molecule has 4 aromatic rings. The minimum absolute atomic E-state index is 0.311. The predicted molar refractivity (Wildman–Crippen MR) is 127 cm³/mol. The number of carbonyl (C=O) groups excluding carboxylic acids is 1. The Bertz CT molecular complexity index is 1340. The Hall–Kier alpha value is -3.28. The maximum atomic E-state index is 13.3. The van der Waals surface area contributed by atoms with Gasteiger partial charge < -0.3 is 14.5 Å². The van der Waals surface area contributed by atoms with Crippen LogP contribution in [0.1, 0.15) is 12.5 Å². The van der Waals surface area contributed by atoms with Crippen molar-refractivity contribution in [3.8, 4) is 16.9 Å². The average Bonchev–Trinajstić information content (AvgIpc) is 3.18. The molecule has 0 aliphatic rings. The summed E-state index contributed by atoms with van der Waals surface area (Å²) in [5.41, 5.74) is 4.11. The molecule has 0 unspecified atom stereocenters. The summed E-state index contributed by atoms with van der Waals surface area (Å²) in [6.07, 6.45) is 3.09. The van der Waals surface area contributed by atoms with Gasteiger partial charge in [-0.2, -0.15) is 0 Å². The third kappa shape index (κ3) is 4.49. The monoisotopic (exact) mass is 469 g/mol. The molecule has 32 heavy (non-hydrogen) atoms. The fourth-order valence-electron chi connectivity index (χ4n) is 3.42. The van der Waals surface area contributed by atoms with E-state index in [1.54, 1.807) is 49.8 Å². The normalized spacial score (nSPS) is 11.6. The number of carbonyl (C=O) groups is 1. The summed E-state index contributed by atoms with van der Waals surface area (Å²) in [5.74, 6) is -0.0992. The largest absolute Gasteiger partial charge is 0.496 e. The molecule has 3 aromatic carbocycles. The number of anilines is 1. The number of methoxy groups -OCH3 is 1. The van der Waals surface area contributed by atoms with Crippen molar-refractivity contribution >= 4 is 51.3 Å². The fraction of sp³-hybridized carbons (Fsp3) is 0.0800. The van der Waals surface area contributed by atoms with Gasteiger partial charge in [0.2, 0.25) is 5.91 Å². The van der Waals surface area contributed by atoms with Crippen LogP contribution in [-0.4, -0.2) is 13.0 Å². The zero-order valence-electron chi connectivity index (χ0n) is 17.2. The first-order valence-corrected chi connectivity index (χ1v) is 10.4. The molecule has 1 amide bonds. The Kier molecular flexibility index (Phi) is 6.21. The van der Waals surface area contributed by atoms with E-state index in [2.05, 4.69) is 5.32 Å². The van der Waals surface area contributed by atoms with Gasteiger partial charge in [0, 0.05) is 33.7 Å². The van der Waals surface area contributed by atoms with Gasteiger partial charge in [-0.1, -0.05) is 35.3 Å². The first-order valence-electron chi connectivity index (χ1n) is 9.65. The average molecular weight is 470 g/mol. The molecule has 0 atom stereocenters. The molecule has 7 heteroatoms. The predicted octanol–water partition coefficient (Wildman–Crippen LogP) is 7.60. The number of ether oxygens (including phenoxy) is 1. The number of fused-ring (bicyclic) bond motifs is 1. The van der Waals surface area contributed by atoms with Gasteiger partial charge in [-0.15, -0.1) is 0 Å². The summed E-state index contributed by atoms with van der Waals surface area (Å²) < 4.78 is 24.5. The summed E-state index contributed by atoms with van der Waals surface area (Å²) in [6.45, 7) is 1.81. The SMILES string of the molecule is COc1cc2occ(-c3ccc(F)cc3)c2cc1/C(C)=C/C(=O)Nc1ccc(Cl)cc1Cl. The summed E-state index contributed by atoms with van der Waals surface area (Å²) in [5, 5.41) is 4.40. The molecule has 0 spiro atoms. The third-order valence-corrected chi connectivity index (χ3v) is 5.56. The lowest BCUT2D eigenvalue weighted by Crippen LogP contribution is -2.09. The summed E-state index contributed by atoms with van der Waals surface area (Å²) in [6, 6.07) is 14.7. The zero-order chi connectivity index (χ0) is 22.8. The van der Waals surface area contributed by atoms with Crippen molar-refractivity contribution in [2.24, 2.45) is 0 Å². The standard InChI is InChI=1S/C25H18Cl2FNO3/c1-14(9-25(30)29-22-8-5-16(26)10-21(22)27)18-11-19-20(15-3-6-17(28)7-4-15)13-32-24(19)12-23(18)31-2/h3-13H,1-2H3,(H,29,30)/b14-9+. The molecule has 0 radical (unpaired) electrons. The number of furan rings is 1. The van der Waals surface area contributed by atoms with Gasteiger partial charge in [-0.25, -0.2) is 4.39 Å². The highest BCUT2D eigenvalue weighted by Gasteiger charge is 2.15. The Morgan fingerprint density at radius 2 is 1.84 bits per heavy atom. The zero-order valence-corrected chi connectivity index (χ0v) is 18.7.